The largest absolute Gasteiger partial charge is 0.494 e. The molecular weight excluding hydrogens is 363 g/mol. The number of ether oxygens (including phenoxy) is 1. The molecule has 1 N–H and O–H groups in total. The molecule has 0 aliphatic carbocycles. The number of carbonyl (C=O) groups is 3. The minimum absolute atomic E-state index is 0.155. The zero-order chi connectivity index (χ0) is 20.1. The Bertz CT molecular complexity index is 880. The first-order chi connectivity index (χ1) is 13.5. The minimum Gasteiger partial charge on any atom is -0.494 e. The Labute approximate surface area is 162 Å². The van der Waals surface area contributed by atoms with Gasteiger partial charge in [0.1, 0.15) is 0 Å². The van der Waals surface area contributed by atoms with Gasteiger partial charge in [-0.25, -0.2) is 4.39 Å². The molecule has 2 aromatic carbocycles. The molecule has 146 valence electrons. The summed E-state index contributed by atoms with van der Waals surface area (Å²) in [5, 5.41) is 2.78. The Kier molecular flexibility index (Phi) is 6.03. The first kappa shape index (κ1) is 19.5. The molecule has 6 nitrogen and oxygen atoms in total. The number of likely N-dealkylation sites (tertiary alicyclic amines) is 1. The van der Waals surface area contributed by atoms with Crippen molar-refractivity contribution in [2.45, 2.75) is 32.2 Å². The van der Waals surface area contributed by atoms with Gasteiger partial charge in [-0.1, -0.05) is 18.2 Å². The summed E-state index contributed by atoms with van der Waals surface area (Å²) >= 11 is 0. The van der Waals surface area contributed by atoms with E-state index in [9.17, 15) is 18.8 Å². The van der Waals surface area contributed by atoms with Crippen LogP contribution >= 0.6 is 0 Å². The third-order valence-electron chi connectivity index (χ3n) is 4.59. The van der Waals surface area contributed by atoms with Crippen molar-refractivity contribution in [3.8, 4) is 5.75 Å². The molecule has 0 atom stereocenters. The van der Waals surface area contributed by atoms with Crippen molar-refractivity contribution in [1.82, 2.24) is 4.90 Å². The number of hydrogen-bond acceptors (Lipinski definition) is 4. The Balaban J connectivity index is 1.51. The number of anilines is 1. The number of methoxy groups -OCH3 is 1. The van der Waals surface area contributed by atoms with E-state index < -0.39 is 5.82 Å². The van der Waals surface area contributed by atoms with Crippen molar-refractivity contribution in [1.29, 1.82) is 0 Å². The van der Waals surface area contributed by atoms with E-state index >= 15 is 0 Å². The monoisotopic (exact) mass is 384 g/mol. The fourth-order valence-corrected chi connectivity index (χ4v) is 3.02. The second-order valence-corrected chi connectivity index (χ2v) is 6.59. The number of carbonyl (C=O) groups excluding carboxylic acids is 3. The van der Waals surface area contributed by atoms with E-state index in [2.05, 4.69) is 5.32 Å². The summed E-state index contributed by atoms with van der Waals surface area (Å²) in [6.45, 7) is 0.245. The average molecular weight is 384 g/mol. The predicted octanol–water partition coefficient (Wildman–Crippen LogP) is 3.05. The molecule has 1 aliphatic heterocycles. The highest BCUT2D eigenvalue weighted by Gasteiger charge is 2.28. The average Bonchev–Trinajstić information content (AvgIpc) is 3.00. The number of nitrogens with one attached hydrogen (secondary N) is 1. The zero-order valence-corrected chi connectivity index (χ0v) is 15.5. The number of benzene rings is 2. The quantitative estimate of drug-likeness (QED) is 0.745. The van der Waals surface area contributed by atoms with Gasteiger partial charge in [-0.15, -0.1) is 0 Å². The number of hydrogen-bond donors (Lipinski definition) is 1. The summed E-state index contributed by atoms with van der Waals surface area (Å²) in [4.78, 5) is 36.7. The Morgan fingerprint density at radius 2 is 1.71 bits per heavy atom. The number of aryl methyl sites for hydroxylation is 1. The van der Waals surface area contributed by atoms with Gasteiger partial charge < -0.3 is 10.1 Å². The molecule has 1 aliphatic rings. The number of halogens is 1. The van der Waals surface area contributed by atoms with E-state index in [1.807, 2.05) is 0 Å². The molecule has 7 heteroatoms. The highest BCUT2D eigenvalue weighted by molar-refractivity contribution is 6.01. The first-order valence-corrected chi connectivity index (χ1v) is 9.00. The third kappa shape index (κ3) is 4.73. The smallest absolute Gasteiger partial charge is 0.229 e. The molecule has 0 unspecified atom stereocenters. The molecule has 0 spiro atoms. The van der Waals surface area contributed by atoms with Crippen LogP contribution in [0.5, 0.6) is 5.75 Å². The van der Waals surface area contributed by atoms with Crippen LogP contribution in [-0.4, -0.2) is 29.7 Å². The van der Waals surface area contributed by atoms with Gasteiger partial charge in [0.2, 0.25) is 17.7 Å². The number of nitrogens with zero attached hydrogens (tertiary/aromatic N) is 1. The molecule has 1 saturated heterocycles. The number of imide groups is 1. The maximum Gasteiger partial charge on any atom is 0.229 e. The van der Waals surface area contributed by atoms with Gasteiger partial charge in [-0.3, -0.25) is 19.3 Å². The van der Waals surface area contributed by atoms with E-state index in [1.165, 1.54) is 24.1 Å². The molecule has 0 saturated carbocycles. The molecule has 0 aromatic heterocycles. The topological polar surface area (TPSA) is 75.7 Å². The molecule has 0 bridgehead atoms. The van der Waals surface area contributed by atoms with Crippen LogP contribution in [-0.2, 0) is 27.3 Å². The van der Waals surface area contributed by atoms with Crippen LogP contribution in [0.1, 0.15) is 30.4 Å². The van der Waals surface area contributed by atoms with E-state index in [4.69, 9.17) is 4.74 Å². The van der Waals surface area contributed by atoms with Gasteiger partial charge in [-0.05, 0) is 41.8 Å². The normalized spacial score (nSPS) is 13.7. The highest BCUT2D eigenvalue weighted by Crippen LogP contribution is 2.19. The molecule has 1 fully saturated rings. The van der Waals surface area contributed by atoms with Crippen LogP contribution in [0.3, 0.4) is 0 Å². The van der Waals surface area contributed by atoms with Gasteiger partial charge in [0.05, 0.1) is 13.7 Å². The van der Waals surface area contributed by atoms with Crippen molar-refractivity contribution in [2.75, 3.05) is 12.4 Å². The lowest BCUT2D eigenvalue weighted by atomic mass is 10.1. The van der Waals surface area contributed by atoms with Crippen molar-refractivity contribution in [3.05, 3.63) is 59.4 Å². The zero-order valence-electron chi connectivity index (χ0n) is 15.5. The van der Waals surface area contributed by atoms with Crippen molar-refractivity contribution >= 4 is 23.4 Å². The van der Waals surface area contributed by atoms with E-state index in [1.54, 1.807) is 30.3 Å². The molecule has 2 aromatic rings. The minimum atomic E-state index is -0.453. The second kappa shape index (κ2) is 8.65. The second-order valence-electron chi connectivity index (χ2n) is 6.59. The molecule has 0 radical (unpaired) electrons. The molecule has 28 heavy (non-hydrogen) atoms. The number of rotatable bonds is 7. The third-order valence-corrected chi connectivity index (χ3v) is 4.59. The van der Waals surface area contributed by atoms with Crippen molar-refractivity contribution < 1.29 is 23.5 Å². The van der Waals surface area contributed by atoms with Crippen LogP contribution < -0.4 is 10.1 Å². The van der Waals surface area contributed by atoms with Crippen LogP contribution in [0.25, 0.3) is 0 Å². The Hall–Kier alpha value is -3.22. The lowest BCUT2D eigenvalue weighted by Gasteiger charge is -2.14. The van der Waals surface area contributed by atoms with Crippen molar-refractivity contribution in [3.63, 3.8) is 0 Å². The summed E-state index contributed by atoms with van der Waals surface area (Å²) in [5.41, 5.74) is 2.15. The van der Waals surface area contributed by atoms with Crippen LogP contribution in [0.4, 0.5) is 10.1 Å². The van der Waals surface area contributed by atoms with Gasteiger partial charge in [0.15, 0.2) is 11.6 Å². The van der Waals surface area contributed by atoms with Crippen LogP contribution in [0.2, 0.25) is 0 Å². The lowest BCUT2D eigenvalue weighted by Crippen LogP contribution is -2.28. The van der Waals surface area contributed by atoms with Gasteiger partial charge in [0, 0.05) is 24.9 Å². The molecular formula is C21H21FN2O4. The van der Waals surface area contributed by atoms with Gasteiger partial charge >= 0.3 is 0 Å². The predicted molar refractivity (Wildman–Crippen MR) is 101 cm³/mol. The highest BCUT2D eigenvalue weighted by atomic mass is 19.1. The number of amides is 3. The lowest BCUT2D eigenvalue weighted by molar-refractivity contribution is -0.139. The van der Waals surface area contributed by atoms with Gasteiger partial charge in [0.25, 0.3) is 0 Å². The summed E-state index contributed by atoms with van der Waals surface area (Å²) in [5.74, 6) is -0.778. The fraction of sp³-hybridized carbons (Fsp3) is 0.286. The van der Waals surface area contributed by atoms with E-state index in [0.717, 1.165) is 5.56 Å². The Morgan fingerprint density at radius 1 is 1.07 bits per heavy atom. The molecule has 3 rings (SSSR count). The fourth-order valence-electron chi connectivity index (χ4n) is 3.02. The standard InChI is InChI=1S/C21H21FN2O4/c1-28-18-8-4-14(12-17(18)22)5-9-19(25)23-16-6-2-15(3-7-16)13-24-20(26)10-11-21(24)27/h2-4,6-8,12H,5,9-11,13H2,1H3,(H,23,25). The summed E-state index contributed by atoms with van der Waals surface area (Å²) < 4.78 is 18.6. The van der Waals surface area contributed by atoms with E-state index in [-0.39, 0.29) is 49.3 Å². The van der Waals surface area contributed by atoms with Crippen LogP contribution in [0.15, 0.2) is 42.5 Å². The Morgan fingerprint density at radius 3 is 2.32 bits per heavy atom. The summed E-state index contributed by atoms with van der Waals surface area (Å²) in [7, 11) is 1.40. The summed E-state index contributed by atoms with van der Waals surface area (Å²) in [6.07, 6.45) is 1.16. The molecule has 1 heterocycles. The summed E-state index contributed by atoms with van der Waals surface area (Å²) in [6, 6.07) is 11.6. The van der Waals surface area contributed by atoms with Crippen LogP contribution in [0, 0.1) is 5.82 Å². The maximum absolute atomic E-state index is 13.7. The maximum atomic E-state index is 13.7. The SMILES string of the molecule is COc1ccc(CCC(=O)Nc2ccc(CN3C(=O)CCC3=O)cc2)cc1F. The first-order valence-electron chi connectivity index (χ1n) is 9.00. The van der Waals surface area contributed by atoms with Gasteiger partial charge in [-0.2, -0.15) is 0 Å². The van der Waals surface area contributed by atoms with E-state index in [0.29, 0.717) is 17.7 Å². The van der Waals surface area contributed by atoms with Crippen molar-refractivity contribution in [2.24, 2.45) is 0 Å². The molecule has 3 amide bonds.